The Balaban J connectivity index is 1.06. The smallest absolute Gasteiger partial charge is 0.0991 e. The lowest BCUT2D eigenvalue weighted by atomic mass is 10.0. The Bertz CT molecular complexity index is 3720. The molecular formula is C56H32N6. The maximum atomic E-state index is 9.56. The first-order valence-corrected chi connectivity index (χ1v) is 20.7. The average Bonchev–Trinajstić information content (AvgIpc) is 4.05. The van der Waals surface area contributed by atoms with Crippen LogP contribution >= 0.6 is 0 Å². The van der Waals surface area contributed by atoms with Crippen LogP contribution in [0.15, 0.2) is 194 Å². The van der Waals surface area contributed by atoms with Gasteiger partial charge in [0, 0.05) is 77.2 Å². The van der Waals surface area contributed by atoms with Crippen LogP contribution < -0.4 is 9.80 Å². The molecule has 0 aliphatic heterocycles. The average molecular weight is 789 g/mol. The molecule has 0 saturated heterocycles. The van der Waals surface area contributed by atoms with E-state index in [2.05, 4.69) is 164 Å². The molecule has 0 saturated carbocycles. The number of anilines is 6. The quantitative estimate of drug-likeness (QED) is 0.168. The van der Waals surface area contributed by atoms with Gasteiger partial charge in [-0.15, -0.1) is 0 Å². The van der Waals surface area contributed by atoms with E-state index in [4.69, 9.17) is 0 Å². The molecule has 0 aliphatic carbocycles. The fourth-order valence-corrected chi connectivity index (χ4v) is 10.1. The van der Waals surface area contributed by atoms with Crippen LogP contribution in [0, 0.1) is 22.7 Å². The van der Waals surface area contributed by atoms with E-state index in [1.165, 1.54) is 65.2 Å². The number of benzene rings is 9. The fraction of sp³-hybridized carbons (Fsp3) is 0. The summed E-state index contributed by atoms with van der Waals surface area (Å²) < 4.78 is 4.95. The van der Waals surface area contributed by atoms with Gasteiger partial charge in [0.1, 0.15) is 0 Å². The molecule has 6 nitrogen and oxygen atoms in total. The van der Waals surface area contributed by atoms with Gasteiger partial charge in [-0.25, -0.2) is 0 Å². The first-order chi connectivity index (χ1) is 30.7. The van der Waals surface area contributed by atoms with Gasteiger partial charge in [-0.05, 0) is 109 Å². The minimum absolute atomic E-state index is 0.632. The van der Waals surface area contributed by atoms with Crippen LogP contribution in [0.2, 0.25) is 0 Å². The standard InChI is InChI=1S/C56H32N6/c57-33-35-17-21-39(22-18-35)59(37-9-3-1-4-10-37)41-25-27-43-45-13-7-15-47-49-32-54-50(31-53(49)61(55(45)47)51(43)29-41)48-16-8-14-46-44-28-26-42(30-52(44)62(54)56(46)48)60(38-11-5-2-6-12-38)40-23-19-36(34-58)20-24-40/h1-32H. The van der Waals surface area contributed by atoms with Gasteiger partial charge in [0.05, 0.1) is 56.4 Å². The van der Waals surface area contributed by atoms with Crippen molar-refractivity contribution in [2.45, 2.75) is 0 Å². The third kappa shape index (κ3) is 4.72. The van der Waals surface area contributed by atoms with Crippen LogP contribution in [0.1, 0.15) is 11.1 Å². The van der Waals surface area contributed by atoms with E-state index >= 15 is 0 Å². The molecule has 0 spiro atoms. The van der Waals surface area contributed by atoms with Crippen LogP contribution in [0.5, 0.6) is 0 Å². The van der Waals surface area contributed by atoms with Gasteiger partial charge in [0.15, 0.2) is 0 Å². The van der Waals surface area contributed by atoms with E-state index in [1.54, 1.807) is 0 Å². The van der Waals surface area contributed by atoms with Crippen molar-refractivity contribution in [1.82, 2.24) is 8.80 Å². The number of nitrogens with zero attached hydrogens (tertiary/aromatic N) is 6. The maximum absolute atomic E-state index is 9.56. The number of aromatic nitrogens is 2. The van der Waals surface area contributed by atoms with Gasteiger partial charge in [-0.3, -0.25) is 0 Å². The Morgan fingerprint density at radius 3 is 1.02 bits per heavy atom. The topological polar surface area (TPSA) is 62.9 Å². The van der Waals surface area contributed by atoms with E-state index in [9.17, 15) is 10.5 Å². The second-order valence-electron chi connectivity index (χ2n) is 16.0. The second-order valence-corrected chi connectivity index (χ2v) is 16.0. The summed E-state index contributed by atoms with van der Waals surface area (Å²) in [5, 5.41) is 28.9. The van der Waals surface area contributed by atoms with Gasteiger partial charge >= 0.3 is 0 Å². The zero-order chi connectivity index (χ0) is 41.1. The van der Waals surface area contributed by atoms with Crippen LogP contribution in [0.4, 0.5) is 34.1 Å². The molecule has 0 bridgehead atoms. The van der Waals surface area contributed by atoms with E-state index in [-0.39, 0.29) is 0 Å². The summed E-state index contributed by atoms with van der Waals surface area (Å²) in [6.07, 6.45) is 0. The van der Waals surface area contributed by atoms with Crippen molar-refractivity contribution in [3.05, 3.63) is 205 Å². The van der Waals surface area contributed by atoms with Crippen molar-refractivity contribution in [2.75, 3.05) is 9.80 Å². The lowest BCUT2D eigenvalue weighted by molar-refractivity contribution is 1.28. The minimum Gasteiger partial charge on any atom is -0.310 e. The van der Waals surface area contributed by atoms with Crippen molar-refractivity contribution >= 4 is 110 Å². The van der Waals surface area contributed by atoms with Crippen molar-refractivity contribution in [3.63, 3.8) is 0 Å². The summed E-state index contributed by atoms with van der Waals surface area (Å²) >= 11 is 0. The highest BCUT2D eigenvalue weighted by Gasteiger charge is 2.24. The number of hydrogen-bond acceptors (Lipinski definition) is 4. The third-order valence-electron chi connectivity index (χ3n) is 12.8. The summed E-state index contributed by atoms with van der Waals surface area (Å²) in [7, 11) is 0. The molecule has 0 aliphatic rings. The predicted octanol–water partition coefficient (Wildman–Crippen LogP) is 14.7. The zero-order valence-electron chi connectivity index (χ0n) is 33.2. The number of rotatable bonds is 6. The highest BCUT2D eigenvalue weighted by molar-refractivity contribution is 6.29. The Morgan fingerprint density at radius 2 is 0.629 bits per heavy atom. The molecule has 13 aromatic rings. The number of para-hydroxylation sites is 4. The van der Waals surface area contributed by atoms with Crippen LogP contribution in [-0.4, -0.2) is 8.80 Å². The van der Waals surface area contributed by atoms with Gasteiger partial charge in [-0.1, -0.05) is 84.9 Å². The molecule has 13 rings (SSSR count). The van der Waals surface area contributed by atoms with E-state index in [0.717, 1.165) is 45.2 Å². The summed E-state index contributed by atoms with van der Waals surface area (Å²) in [4.78, 5) is 4.53. The van der Waals surface area contributed by atoms with Gasteiger partial charge in [0.25, 0.3) is 0 Å². The molecule has 0 N–H and O–H groups in total. The molecule has 286 valence electrons. The molecule has 0 atom stereocenters. The lowest BCUT2D eigenvalue weighted by Gasteiger charge is -2.25. The molecule has 0 amide bonds. The molecule has 0 unspecified atom stereocenters. The Labute approximate surface area is 355 Å². The predicted molar refractivity (Wildman–Crippen MR) is 255 cm³/mol. The highest BCUT2D eigenvalue weighted by Crippen LogP contribution is 2.47. The summed E-state index contributed by atoms with van der Waals surface area (Å²) in [6.45, 7) is 0. The lowest BCUT2D eigenvalue weighted by Crippen LogP contribution is -2.09. The Hall–Kier alpha value is -8.84. The first kappa shape index (κ1) is 34.1. The van der Waals surface area contributed by atoms with Crippen LogP contribution in [0.3, 0.4) is 0 Å². The van der Waals surface area contributed by atoms with E-state index in [0.29, 0.717) is 11.1 Å². The molecule has 4 aromatic heterocycles. The van der Waals surface area contributed by atoms with Crippen molar-refractivity contribution in [3.8, 4) is 12.1 Å². The van der Waals surface area contributed by atoms with Crippen molar-refractivity contribution in [2.24, 2.45) is 0 Å². The first-order valence-electron chi connectivity index (χ1n) is 20.7. The molecule has 0 fully saturated rings. The summed E-state index contributed by atoms with van der Waals surface area (Å²) in [6, 6.07) is 72.8. The Kier molecular flexibility index (Phi) is 7.05. The Morgan fingerprint density at radius 1 is 0.290 bits per heavy atom. The highest BCUT2D eigenvalue weighted by atomic mass is 15.1. The molecule has 62 heavy (non-hydrogen) atoms. The van der Waals surface area contributed by atoms with Gasteiger partial charge in [-0.2, -0.15) is 10.5 Å². The molecular weight excluding hydrogens is 757 g/mol. The molecule has 0 radical (unpaired) electrons. The number of hydrogen-bond donors (Lipinski definition) is 0. The van der Waals surface area contributed by atoms with Gasteiger partial charge in [0.2, 0.25) is 0 Å². The molecule has 9 aromatic carbocycles. The van der Waals surface area contributed by atoms with Gasteiger partial charge < -0.3 is 18.6 Å². The normalized spacial score (nSPS) is 11.8. The largest absolute Gasteiger partial charge is 0.310 e. The third-order valence-corrected chi connectivity index (χ3v) is 12.8. The van der Waals surface area contributed by atoms with E-state index < -0.39 is 0 Å². The van der Waals surface area contributed by atoms with Crippen molar-refractivity contribution < 1.29 is 0 Å². The second kappa shape index (κ2) is 12.8. The van der Waals surface area contributed by atoms with Crippen LogP contribution in [0.25, 0.3) is 76.2 Å². The fourth-order valence-electron chi connectivity index (χ4n) is 10.1. The molecule has 6 heteroatoms. The van der Waals surface area contributed by atoms with E-state index in [1.807, 2.05) is 60.7 Å². The number of nitriles is 2. The van der Waals surface area contributed by atoms with Crippen LogP contribution in [-0.2, 0) is 0 Å². The van der Waals surface area contributed by atoms with Crippen molar-refractivity contribution in [1.29, 1.82) is 10.5 Å². The zero-order valence-corrected chi connectivity index (χ0v) is 33.2. The maximum Gasteiger partial charge on any atom is 0.0991 e. The number of fused-ring (bicyclic) bond motifs is 12. The minimum atomic E-state index is 0.632. The monoisotopic (exact) mass is 788 g/mol. The SMILES string of the molecule is N#Cc1ccc(N(c2ccccc2)c2ccc3c4cccc5c6cc7c(cc6n(c3c2)c45)c2cccc3c4ccc(N(c5ccccc5)c5ccc(C#N)cc5)cc4n7c32)cc1. The molecule has 4 heterocycles. The summed E-state index contributed by atoms with van der Waals surface area (Å²) in [5.74, 6) is 0. The summed E-state index contributed by atoms with van der Waals surface area (Å²) in [5.41, 5.74) is 14.5.